The highest BCUT2D eigenvalue weighted by molar-refractivity contribution is 6.01. The van der Waals surface area contributed by atoms with E-state index in [4.69, 9.17) is 4.74 Å². The predicted molar refractivity (Wildman–Crippen MR) is 109 cm³/mol. The van der Waals surface area contributed by atoms with Crippen molar-refractivity contribution in [2.24, 2.45) is 0 Å². The van der Waals surface area contributed by atoms with E-state index in [0.717, 1.165) is 18.0 Å². The Bertz CT molecular complexity index is 728. The molecule has 152 valence electrons. The lowest BCUT2D eigenvalue weighted by Gasteiger charge is -2.40. The number of nitrogens with one attached hydrogen (secondary N) is 2. The molecule has 1 aliphatic carbocycles. The van der Waals surface area contributed by atoms with E-state index in [1.54, 1.807) is 0 Å². The van der Waals surface area contributed by atoms with Crippen LogP contribution in [0.2, 0.25) is 0 Å². The van der Waals surface area contributed by atoms with Crippen molar-refractivity contribution < 1.29 is 14.3 Å². The van der Waals surface area contributed by atoms with Crippen LogP contribution in [0.5, 0.6) is 5.75 Å². The minimum atomic E-state index is -0.287. The van der Waals surface area contributed by atoms with Crippen LogP contribution in [0.15, 0.2) is 18.2 Å². The zero-order valence-corrected chi connectivity index (χ0v) is 16.7. The summed E-state index contributed by atoms with van der Waals surface area (Å²) < 4.78 is 6.12. The summed E-state index contributed by atoms with van der Waals surface area (Å²) >= 11 is 0. The van der Waals surface area contributed by atoms with E-state index < -0.39 is 0 Å². The number of nitrogens with zero attached hydrogens (tertiary/aromatic N) is 1. The van der Waals surface area contributed by atoms with Crippen molar-refractivity contribution >= 4 is 17.5 Å². The normalized spacial score (nSPS) is 27.8. The molecule has 2 heterocycles. The summed E-state index contributed by atoms with van der Waals surface area (Å²) in [5, 5.41) is 6.14. The molecule has 1 aromatic carbocycles. The van der Waals surface area contributed by atoms with Gasteiger partial charge in [0.2, 0.25) is 11.8 Å². The molecule has 1 saturated carbocycles. The molecule has 0 radical (unpaired) electrons. The van der Waals surface area contributed by atoms with Crippen LogP contribution in [-0.2, 0) is 9.59 Å². The van der Waals surface area contributed by atoms with E-state index in [1.165, 1.54) is 37.7 Å². The Balaban J connectivity index is 1.51. The van der Waals surface area contributed by atoms with Crippen molar-refractivity contribution in [3.8, 4) is 5.75 Å². The minimum Gasteiger partial charge on any atom is -0.489 e. The molecule has 2 aliphatic heterocycles. The van der Waals surface area contributed by atoms with Gasteiger partial charge in [-0.05, 0) is 62.6 Å². The highest BCUT2D eigenvalue weighted by Crippen LogP contribution is 2.44. The quantitative estimate of drug-likeness (QED) is 0.763. The summed E-state index contributed by atoms with van der Waals surface area (Å²) in [6.07, 6.45) is 6.88. The molecule has 1 unspecified atom stereocenters. The molecule has 1 aromatic rings. The third-order valence-electron chi connectivity index (χ3n) is 6.35. The van der Waals surface area contributed by atoms with E-state index >= 15 is 0 Å². The largest absolute Gasteiger partial charge is 0.489 e. The van der Waals surface area contributed by atoms with Gasteiger partial charge in [0.1, 0.15) is 18.4 Å². The minimum absolute atomic E-state index is 0.170. The Morgan fingerprint density at radius 3 is 2.75 bits per heavy atom. The van der Waals surface area contributed by atoms with Gasteiger partial charge in [-0.1, -0.05) is 19.1 Å². The van der Waals surface area contributed by atoms with Crippen molar-refractivity contribution in [3.63, 3.8) is 0 Å². The lowest BCUT2D eigenvalue weighted by atomic mass is 9.81. The Morgan fingerprint density at radius 2 is 2.00 bits per heavy atom. The first-order valence-corrected chi connectivity index (χ1v) is 10.8. The summed E-state index contributed by atoms with van der Waals surface area (Å²) in [5.74, 6) is 1.11. The molecule has 0 spiro atoms. The van der Waals surface area contributed by atoms with Crippen LogP contribution in [0, 0.1) is 0 Å². The van der Waals surface area contributed by atoms with Gasteiger partial charge in [0, 0.05) is 12.5 Å². The highest BCUT2D eigenvalue weighted by atomic mass is 16.5. The number of amides is 2. The van der Waals surface area contributed by atoms with E-state index in [2.05, 4.69) is 40.7 Å². The van der Waals surface area contributed by atoms with Gasteiger partial charge in [-0.15, -0.1) is 0 Å². The number of para-hydroxylation sites is 1. The highest BCUT2D eigenvalue weighted by Gasteiger charge is 2.36. The van der Waals surface area contributed by atoms with Crippen molar-refractivity contribution in [2.45, 2.75) is 69.9 Å². The van der Waals surface area contributed by atoms with E-state index in [1.807, 2.05) is 0 Å². The Kier molecular flexibility index (Phi) is 5.85. The van der Waals surface area contributed by atoms with Gasteiger partial charge in [0.15, 0.2) is 0 Å². The molecule has 2 N–H and O–H groups in total. The predicted octanol–water partition coefficient (Wildman–Crippen LogP) is 2.72. The molecule has 1 saturated heterocycles. The van der Waals surface area contributed by atoms with Gasteiger partial charge in [-0.25, -0.2) is 0 Å². The number of fused-ring (bicyclic) bond motifs is 1. The molecule has 4 rings (SSSR count). The SMILES string of the molecule is CCCN[C@H]1CC[C@H](c2cccc3c2OCCN3C2CCC(=O)NC2=O)CC1. The number of hydrogen-bond acceptors (Lipinski definition) is 5. The summed E-state index contributed by atoms with van der Waals surface area (Å²) in [6, 6.07) is 6.68. The summed E-state index contributed by atoms with van der Waals surface area (Å²) in [5.41, 5.74) is 2.29. The van der Waals surface area contributed by atoms with E-state index in [-0.39, 0.29) is 17.9 Å². The smallest absolute Gasteiger partial charge is 0.249 e. The van der Waals surface area contributed by atoms with Crippen molar-refractivity contribution in [3.05, 3.63) is 23.8 Å². The van der Waals surface area contributed by atoms with Crippen LogP contribution < -0.4 is 20.3 Å². The van der Waals surface area contributed by atoms with Crippen molar-refractivity contribution in [1.82, 2.24) is 10.6 Å². The number of rotatable bonds is 5. The Morgan fingerprint density at radius 1 is 1.18 bits per heavy atom. The topological polar surface area (TPSA) is 70.7 Å². The molecular formula is C22H31N3O3. The molecule has 2 fully saturated rings. The molecule has 6 nitrogen and oxygen atoms in total. The monoisotopic (exact) mass is 385 g/mol. The van der Waals surface area contributed by atoms with Gasteiger partial charge in [-0.3, -0.25) is 14.9 Å². The third kappa shape index (κ3) is 3.88. The summed E-state index contributed by atoms with van der Waals surface area (Å²) in [4.78, 5) is 26.1. The number of piperidine rings is 1. The second-order valence-corrected chi connectivity index (χ2v) is 8.21. The van der Waals surface area contributed by atoms with Crippen molar-refractivity contribution in [1.29, 1.82) is 0 Å². The van der Waals surface area contributed by atoms with Gasteiger partial charge < -0.3 is 15.0 Å². The lowest BCUT2D eigenvalue weighted by Crippen LogP contribution is -2.54. The average molecular weight is 386 g/mol. The molecule has 2 amide bonds. The average Bonchev–Trinajstić information content (AvgIpc) is 2.72. The fraction of sp³-hybridized carbons (Fsp3) is 0.636. The Hall–Kier alpha value is -2.08. The molecule has 1 atom stereocenters. The lowest BCUT2D eigenvalue weighted by molar-refractivity contribution is -0.134. The first kappa shape index (κ1) is 19.2. The third-order valence-corrected chi connectivity index (χ3v) is 6.35. The number of hydrogen-bond donors (Lipinski definition) is 2. The zero-order chi connectivity index (χ0) is 19.5. The van der Waals surface area contributed by atoms with Crippen LogP contribution in [0.1, 0.15) is 63.4 Å². The number of imide groups is 1. The van der Waals surface area contributed by atoms with Gasteiger partial charge in [-0.2, -0.15) is 0 Å². The van der Waals surface area contributed by atoms with Crippen LogP contribution in [0.25, 0.3) is 0 Å². The fourth-order valence-electron chi connectivity index (χ4n) is 4.87. The van der Waals surface area contributed by atoms with Crippen molar-refractivity contribution in [2.75, 3.05) is 24.6 Å². The number of anilines is 1. The maximum absolute atomic E-state index is 12.4. The van der Waals surface area contributed by atoms with E-state index in [0.29, 0.717) is 38.0 Å². The Labute approximate surface area is 167 Å². The number of ether oxygens (including phenoxy) is 1. The summed E-state index contributed by atoms with van der Waals surface area (Å²) in [6.45, 7) is 4.56. The standard InChI is InChI=1S/C22H31N3O3/c1-2-12-23-16-8-6-15(7-9-16)17-4-3-5-18-21(17)28-14-13-25(18)19-10-11-20(26)24-22(19)27/h3-5,15-16,19,23H,2,6-14H2,1H3,(H,24,26,27)/t15-,16-,19?. The zero-order valence-electron chi connectivity index (χ0n) is 16.7. The molecular weight excluding hydrogens is 354 g/mol. The first-order chi connectivity index (χ1) is 13.7. The van der Waals surface area contributed by atoms with Crippen LogP contribution in [0.3, 0.4) is 0 Å². The molecule has 0 aromatic heterocycles. The maximum Gasteiger partial charge on any atom is 0.249 e. The second-order valence-electron chi connectivity index (χ2n) is 8.21. The molecule has 6 heteroatoms. The summed E-state index contributed by atoms with van der Waals surface area (Å²) in [7, 11) is 0. The first-order valence-electron chi connectivity index (χ1n) is 10.8. The van der Waals surface area contributed by atoms with E-state index in [9.17, 15) is 9.59 Å². The van der Waals surface area contributed by atoms with Crippen LogP contribution in [-0.4, -0.2) is 43.6 Å². The fourth-order valence-corrected chi connectivity index (χ4v) is 4.87. The molecule has 28 heavy (non-hydrogen) atoms. The van der Waals surface area contributed by atoms with Gasteiger partial charge >= 0.3 is 0 Å². The second kappa shape index (κ2) is 8.52. The number of benzene rings is 1. The van der Waals surface area contributed by atoms with Gasteiger partial charge in [0.25, 0.3) is 0 Å². The number of carbonyl (C=O) groups is 2. The number of carbonyl (C=O) groups excluding carboxylic acids is 2. The molecule has 3 aliphatic rings. The maximum atomic E-state index is 12.4. The molecule has 0 bridgehead atoms. The van der Waals surface area contributed by atoms with Crippen LogP contribution in [0.4, 0.5) is 5.69 Å². The van der Waals surface area contributed by atoms with Gasteiger partial charge in [0.05, 0.1) is 12.2 Å². The van der Waals surface area contributed by atoms with Crippen LogP contribution >= 0.6 is 0 Å².